The second-order valence-corrected chi connectivity index (χ2v) is 7.98. The third kappa shape index (κ3) is 4.21. The number of carbonyl (C=O) groups is 1. The van der Waals surface area contributed by atoms with Crippen molar-refractivity contribution < 1.29 is 19.0 Å². The van der Waals surface area contributed by atoms with Crippen LogP contribution in [-0.2, 0) is 11.2 Å². The summed E-state index contributed by atoms with van der Waals surface area (Å²) in [6.07, 6.45) is 6.09. The largest absolute Gasteiger partial charge is 0.488 e. The highest BCUT2D eigenvalue weighted by Gasteiger charge is 2.32. The molecule has 0 saturated carbocycles. The first kappa shape index (κ1) is 18.6. The highest BCUT2D eigenvalue weighted by molar-refractivity contribution is 5.78. The summed E-state index contributed by atoms with van der Waals surface area (Å²) in [4.78, 5) is 18.5. The number of pyridine rings is 1. The Labute approximate surface area is 165 Å². The molecule has 0 N–H and O–H groups in total. The smallest absolute Gasteiger partial charge is 0.260 e. The van der Waals surface area contributed by atoms with Gasteiger partial charge in [0.2, 0.25) is 0 Å². The van der Waals surface area contributed by atoms with E-state index in [0.29, 0.717) is 12.3 Å². The average Bonchev–Trinajstić information content (AvgIpc) is 3.01. The number of para-hydroxylation sites is 1. The number of ether oxygens (including phenoxy) is 3. The summed E-state index contributed by atoms with van der Waals surface area (Å²) in [5, 5.41) is 0. The third-order valence-electron chi connectivity index (χ3n) is 5.09. The summed E-state index contributed by atoms with van der Waals surface area (Å²) < 4.78 is 17.8. The summed E-state index contributed by atoms with van der Waals surface area (Å²) in [5.41, 5.74) is 0.884. The van der Waals surface area contributed by atoms with E-state index < -0.39 is 0 Å². The highest BCUT2D eigenvalue weighted by atomic mass is 16.5. The molecule has 1 atom stereocenters. The van der Waals surface area contributed by atoms with Crippen LogP contribution in [0.1, 0.15) is 32.3 Å². The van der Waals surface area contributed by atoms with Gasteiger partial charge in [0.15, 0.2) is 18.1 Å². The number of amides is 1. The van der Waals surface area contributed by atoms with Gasteiger partial charge < -0.3 is 19.1 Å². The number of rotatable bonds is 5. The SMILES string of the molecule is CC1(C)Cc2cccc(OCC(=O)N3CCCC(Oc4ccncc4)C3)c2O1. The van der Waals surface area contributed by atoms with Gasteiger partial charge in [-0.15, -0.1) is 0 Å². The van der Waals surface area contributed by atoms with Crippen LogP contribution in [0.5, 0.6) is 17.2 Å². The molecule has 0 aliphatic carbocycles. The highest BCUT2D eigenvalue weighted by Crippen LogP contribution is 2.41. The molecule has 6 heteroatoms. The number of piperidine rings is 1. The molecule has 2 aromatic rings. The molecular weight excluding hydrogens is 356 g/mol. The molecule has 0 radical (unpaired) electrons. The molecule has 1 unspecified atom stereocenters. The van der Waals surface area contributed by atoms with Crippen molar-refractivity contribution in [1.82, 2.24) is 9.88 Å². The Bertz CT molecular complexity index is 838. The quantitative estimate of drug-likeness (QED) is 0.794. The zero-order valence-corrected chi connectivity index (χ0v) is 16.4. The van der Waals surface area contributed by atoms with Gasteiger partial charge >= 0.3 is 0 Å². The number of fused-ring (bicyclic) bond motifs is 1. The van der Waals surface area contributed by atoms with E-state index in [4.69, 9.17) is 14.2 Å². The Hall–Kier alpha value is -2.76. The van der Waals surface area contributed by atoms with Crippen molar-refractivity contribution in [3.8, 4) is 17.2 Å². The maximum Gasteiger partial charge on any atom is 0.260 e. The van der Waals surface area contributed by atoms with E-state index in [0.717, 1.165) is 42.9 Å². The Morgan fingerprint density at radius 2 is 2.11 bits per heavy atom. The van der Waals surface area contributed by atoms with Crippen LogP contribution < -0.4 is 14.2 Å². The van der Waals surface area contributed by atoms with Crippen LogP contribution in [0.4, 0.5) is 0 Å². The second-order valence-electron chi connectivity index (χ2n) is 7.98. The normalized spacial score (nSPS) is 20.2. The fourth-order valence-electron chi connectivity index (χ4n) is 3.80. The molecular formula is C22H26N2O4. The van der Waals surface area contributed by atoms with Crippen molar-refractivity contribution in [2.24, 2.45) is 0 Å². The van der Waals surface area contributed by atoms with Gasteiger partial charge in [0, 0.05) is 30.9 Å². The number of carbonyl (C=O) groups excluding carboxylic acids is 1. The first-order chi connectivity index (χ1) is 13.5. The first-order valence-corrected chi connectivity index (χ1v) is 9.78. The molecule has 2 aliphatic rings. The fourth-order valence-corrected chi connectivity index (χ4v) is 3.80. The van der Waals surface area contributed by atoms with Crippen LogP contribution in [0.2, 0.25) is 0 Å². The molecule has 4 rings (SSSR count). The minimum absolute atomic E-state index is 0.00220. The predicted octanol–water partition coefficient (Wildman–Crippen LogP) is 3.24. The number of hydrogen-bond acceptors (Lipinski definition) is 5. The minimum Gasteiger partial charge on any atom is -0.488 e. The number of nitrogens with zero attached hydrogens (tertiary/aromatic N) is 2. The standard InChI is InChI=1S/C22H26N2O4/c1-22(2)13-16-5-3-7-19(21(16)28-22)26-15-20(25)24-12-4-6-18(14-24)27-17-8-10-23-11-9-17/h3,5,7-11,18H,4,6,12-15H2,1-2H3. The Morgan fingerprint density at radius 1 is 1.29 bits per heavy atom. The summed E-state index contributed by atoms with van der Waals surface area (Å²) in [7, 11) is 0. The van der Waals surface area contributed by atoms with Crippen LogP contribution in [0.3, 0.4) is 0 Å². The Kier molecular flexibility index (Phi) is 5.11. The number of aromatic nitrogens is 1. The second kappa shape index (κ2) is 7.70. The molecule has 2 aliphatic heterocycles. The van der Waals surface area contributed by atoms with Crippen LogP contribution in [-0.4, -0.2) is 47.2 Å². The van der Waals surface area contributed by atoms with E-state index in [1.165, 1.54) is 0 Å². The lowest BCUT2D eigenvalue weighted by atomic mass is 10.0. The summed E-state index contributed by atoms with van der Waals surface area (Å²) >= 11 is 0. The van der Waals surface area contributed by atoms with Gasteiger partial charge in [-0.25, -0.2) is 0 Å². The number of hydrogen-bond donors (Lipinski definition) is 0. The molecule has 148 valence electrons. The first-order valence-electron chi connectivity index (χ1n) is 9.78. The van der Waals surface area contributed by atoms with E-state index in [-0.39, 0.29) is 24.2 Å². The summed E-state index contributed by atoms with van der Waals surface area (Å²) in [6.45, 7) is 5.41. The predicted molar refractivity (Wildman–Crippen MR) is 105 cm³/mol. The molecule has 1 amide bonds. The molecule has 1 saturated heterocycles. The van der Waals surface area contributed by atoms with Crippen LogP contribution in [0.25, 0.3) is 0 Å². The maximum atomic E-state index is 12.7. The van der Waals surface area contributed by atoms with E-state index in [1.54, 1.807) is 12.4 Å². The van der Waals surface area contributed by atoms with Crippen molar-refractivity contribution in [2.45, 2.75) is 44.8 Å². The molecule has 6 nitrogen and oxygen atoms in total. The van der Waals surface area contributed by atoms with Gasteiger partial charge in [-0.3, -0.25) is 9.78 Å². The van der Waals surface area contributed by atoms with Gasteiger partial charge in [0.05, 0.1) is 6.54 Å². The zero-order valence-electron chi connectivity index (χ0n) is 16.4. The molecule has 28 heavy (non-hydrogen) atoms. The van der Waals surface area contributed by atoms with Crippen molar-refractivity contribution in [1.29, 1.82) is 0 Å². The number of benzene rings is 1. The van der Waals surface area contributed by atoms with E-state index in [2.05, 4.69) is 18.8 Å². The third-order valence-corrected chi connectivity index (χ3v) is 5.09. The summed E-state index contributed by atoms with van der Waals surface area (Å²) in [6, 6.07) is 9.52. The van der Waals surface area contributed by atoms with Crippen LogP contribution >= 0.6 is 0 Å². The van der Waals surface area contributed by atoms with E-state index in [1.807, 2.05) is 35.2 Å². The molecule has 0 spiro atoms. The van der Waals surface area contributed by atoms with Gasteiger partial charge in [-0.2, -0.15) is 0 Å². The van der Waals surface area contributed by atoms with Crippen molar-refractivity contribution in [3.05, 3.63) is 48.3 Å². The van der Waals surface area contributed by atoms with Gasteiger partial charge in [0.25, 0.3) is 5.91 Å². The Balaban J connectivity index is 1.34. The topological polar surface area (TPSA) is 60.9 Å². The van der Waals surface area contributed by atoms with E-state index in [9.17, 15) is 4.79 Å². The van der Waals surface area contributed by atoms with Gasteiger partial charge in [-0.05, 0) is 44.9 Å². The lowest BCUT2D eigenvalue weighted by Crippen LogP contribution is -2.46. The van der Waals surface area contributed by atoms with Crippen LogP contribution in [0.15, 0.2) is 42.7 Å². The summed E-state index contributed by atoms with van der Waals surface area (Å²) in [5.74, 6) is 2.15. The van der Waals surface area contributed by atoms with Crippen molar-refractivity contribution in [2.75, 3.05) is 19.7 Å². The van der Waals surface area contributed by atoms with Crippen LogP contribution in [0, 0.1) is 0 Å². The fraction of sp³-hybridized carbons (Fsp3) is 0.455. The van der Waals surface area contributed by atoms with Gasteiger partial charge in [0.1, 0.15) is 17.5 Å². The lowest BCUT2D eigenvalue weighted by molar-refractivity contribution is -0.136. The maximum absolute atomic E-state index is 12.7. The molecule has 0 bridgehead atoms. The minimum atomic E-state index is -0.240. The molecule has 1 aromatic carbocycles. The monoisotopic (exact) mass is 382 g/mol. The average molecular weight is 382 g/mol. The van der Waals surface area contributed by atoms with Gasteiger partial charge in [-0.1, -0.05) is 12.1 Å². The zero-order chi connectivity index (χ0) is 19.6. The Morgan fingerprint density at radius 3 is 2.93 bits per heavy atom. The molecule has 1 aromatic heterocycles. The number of likely N-dealkylation sites (tertiary alicyclic amines) is 1. The van der Waals surface area contributed by atoms with Crippen molar-refractivity contribution >= 4 is 5.91 Å². The molecule has 1 fully saturated rings. The van der Waals surface area contributed by atoms with E-state index >= 15 is 0 Å². The van der Waals surface area contributed by atoms with Crippen molar-refractivity contribution in [3.63, 3.8) is 0 Å². The molecule has 3 heterocycles. The lowest BCUT2D eigenvalue weighted by Gasteiger charge is -2.32.